The van der Waals surface area contributed by atoms with Crippen LogP contribution in [0.25, 0.3) is 6.08 Å². The SMILES string of the molecule is CC1=NN(c2ccccc2)C(=O)C1=Cc1ccc(Sc2ccc(Cl)cc2)c([N+](=O)[O-])c1. The van der Waals surface area contributed by atoms with Crippen molar-refractivity contribution in [1.82, 2.24) is 0 Å². The molecule has 0 fully saturated rings. The van der Waals surface area contributed by atoms with Gasteiger partial charge in [0, 0.05) is 16.0 Å². The van der Waals surface area contributed by atoms with Crippen molar-refractivity contribution in [2.45, 2.75) is 16.7 Å². The summed E-state index contributed by atoms with van der Waals surface area (Å²) in [5.74, 6) is -0.272. The number of nitro groups is 1. The minimum atomic E-state index is -0.423. The molecule has 8 heteroatoms. The first-order valence-electron chi connectivity index (χ1n) is 9.31. The zero-order chi connectivity index (χ0) is 22.0. The smallest absolute Gasteiger partial charge is 0.267 e. The maximum absolute atomic E-state index is 12.9. The molecule has 3 aromatic rings. The van der Waals surface area contributed by atoms with Gasteiger partial charge in [-0.2, -0.15) is 10.1 Å². The van der Waals surface area contributed by atoms with Gasteiger partial charge >= 0.3 is 0 Å². The number of amides is 1. The average molecular weight is 450 g/mol. The summed E-state index contributed by atoms with van der Waals surface area (Å²) in [6.07, 6.45) is 1.63. The number of halogens is 1. The lowest BCUT2D eigenvalue weighted by atomic mass is 10.1. The normalized spacial score (nSPS) is 14.8. The predicted molar refractivity (Wildman–Crippen MR) is 124 cm³/mol. The number of anilines is 1. The minimum absolute atomic E-state index is 0.0331. The molecule has 0 aliphatic carbocycles. The molecule has 1 amide bonds. The lowest BCUT2D eigenvalue weighted by Crippen LogP contribution is -2.21. The zero-order valence-electron chi connectivity index (χ0n) is 16.4. The highest BCUT2D eigenvalue weighted by Crippen LogP contribution is 2.36. The molecule has 0 bridgehead atoms. The molecule has 4 rings (SSSR count). The van der Waals surface area contributed by atoms with Crippen molar-refractivity contribution in [3.63, 3.8) is 0 Å². The van der Waals surface area contributed by atoms with E-state index < -0.39 is 4.92 Å². The number of carbonyl (C=O) groups is 1. The van der Waals surface area contributed by atoms with Crippen molar-refractivity contribution in [1.29, 1.82) is 0 Å². The van der Waals surface area contributed by atoms with Gasteiger partial charge in [-0.25, -0.2) is 0 Å². The molecule has 1 heterocycles. The van der Waals surface area contributed by atoms with Gasteiger partial charge in [0.2, 0.25) is 0 Å². The summed E-state index contributed by atoms with van der Waals surface area (Å²) in [4.78, 5) is 25.5. The van der Waals surface area contributed by atoms with Gasteiger partial charge in [0.05, 0.1) is 26.8 Å². The van der Waals surface area contributed by atoms with Crippen molar-refractivity contribution in [2.24, 2.45) is 5.10 Å². The summed E-state index contributed by atoms with van der Waals surface area (Å²) < 4.78 is 0. The monoisotopic (exact) mass is 449 g/mol. The summed E-state index contributed by atoms with van der Waals surface area (Å²) in [7, 11) is 0. The molecule has 0 unspecified atom stereocenters. The van der Waals surface area contributed by atoms with Crippen molar-refractivity contribution in [2.75, 3.05) is 5.01 Å². The number of hydrazone groups is 1. The Morgan fingerprint density at radius 2 is 1.77 bits per heavy atom. The molecule has 6 nitrogen and oxygen atoms in total. The van der Waals surface area contributed by atoms with Crippen LogP contribution in [0.2, 0.25) is 5.02 Å². The van der Waals surface area contributed by atoms with Crippen molar-refractivity contribution in [3.05, 3.63) is 99.1 Å². The Balaban J connectivity index is 1.64. The third-order valence-electron chi connectivity index (χ3n) is 4.60. The molecule has 1 aliphatic heterocycles. The Labute approximate surface area is 188 Å². The highest BCUT2D eigenvalue weighted by Gasteiger charge is 2.28. The Morgan fingerprint density at radius 3 is 2.45 bits per heavy atom. The van der Waals surface area contributed by atoms with E-state index in [0.717, 1.165) is 4.90 Å². The van der Waals surface area contributed by atoms with Gasteiger partial charge in [0.1, 0.15) is 0 Å². The second kappa shape index (κ2) is 8.75. The molecule has 0 atom stereocenters. The van der Waals surface area contributed by atoms with E-state index in [4.69, 9.17) is 11.6 Å². The van der Waals surface area contributed by atoms with E-state index in [1.54, 1.807) is 49.4 Å². The van der Waals surface area contributed by atoms with Gasteiger partial charge in [0.25, 0.3) is 11.6 Å². The van der Waals surface area contributed by atoms with Gasteiger partial charge < -0.3 is 0 Å². The third-order valence-corrected chi connectivity index (χ3v) is 5.92. The first-order valence-corrected chi connectivity index (χ1v) is 10.5. The third kappa shape index (κ3) is 4.52. The van der Waals surface area contributed by atoms with E-state index in [1.807, 2.05) is 30.3 Å². The van der Waals surface area contributed by atoms with Crippen LogP contribution in [0.3, 0.4) is 0 Å². The second-order valence-corrected chi connectivity index (χ2v) is 8.29. The standard InChI is InChI=1S/C23H16ClN3O3S/c1-15-20(23(28)26(25-15)18-5-3-2-4-6-18)13-16-7-12-22(21(14-16)27(29)30)31-19-10-8-17(24)9-11-19/h2-14H,1H3. The van der Waals surface area contributed by atoms with Crippen molar-refractivity contribution >= 4 is 52.4 Å². The van der Waals surface area contributed by atoms with E-state index in [-0.39, 0.29) is 11.6 Å². The summed E-state index contributed by atoms with van der Waals surface area (Å²) >= 11 is 7.19. The first-order chi connectivity index (χ1) is 14.9. The molecule has 3 aromatic carbocycles. The predicted octanol–water partition coefficient (Wildman–Crippen LogP) is 6.21. The summed E-state index contributed by atoms with van der Waals surface area (Å²) in [6.45, 7) is 1.74. The van der Waals surface area contributed by atoms with E-state index in [2.05, 4.69) is 5.10 Å². The van der Waals surface area contributed by atoms with Crippen LogP contribution in [0.5, 0.6) is 0 Å². The van der Waals surface area contributed by atoms with Gasteiger partial charge in [-0.15, -0.1) is 0 Å². The van der Waals surface area contributed by atoms with Gasteiger partial charge in [-0.05, 0) is 61.0 Å². The van der Waals surface area contributed by atoms with Crippen molar-refractivity contribution in [3.8, 4) is 0 Å². The van der Waals surface area contributed by atoms with E-state index in [1.165, 1.54) is 22.8 Å². The van der Waals surface area contributed by atoms with Crippen LogP contribution >= 0.6 is 23.4 Å². The van der Waals surface area contributed by atoms with E-state index in [0.29, 0.717) is 32.5 Å². The molecule has 31 heavy (non-hydrogen) atoms. The number of benzene rings is 3. The second-order valence-electron chi connectivity index (χ2n) is 6.74. The Bertz CT molecular complexity index is 1220. The van der Waals surface area contributed by atoms with E-state index >= 15 is 0 Å². The Hall–Kier alpha value is -3.42. The molecule has 154 valence electrons. The fourth-order valence-electron chi connectivity index (χ4n) is 3.08. The maximum atomic E-state index is 12.9. The quantitative estimate of drug-likeness (QED) is 0.264. The number of hydrogen-bond acceptors (Lipinski definition) is 5. The van der Waals surface area contributed by atoms with Gasteiger partial charge in [-0.3, -0.25) is 14.9 Å². The molecular formula is C23H16ClN3O3S. The first kappa shape index (κ1) is 20.8. The summed E-state index contributed by atoms with van der Waals surface area (Å²) in [5, 5.41) is 17.9. The van der Waals surface area contributed by atoms with Crippen LogP contribution in [-0.4, -0.2) is 16.5 Å². The summed E-state index contributed by atoms with van der Waals surface area (Å²) in [5.41, 5.74) is 2.14. The number of rotatable bonds is 5. The number of nitrogens with zero attached hydrogens (tertiary/aromatic N) is 3. The van der Waals surface area contributed by atoms with Crippen LogP contribution in [0.4, 0.5) is 11.4 Å². The molecule has 0 spiro atoms. The van der Waals surface area contributed by atoms with Crippen LogP contribution in [0.15, 0.2) is 93.3 Å². The fraction of sp³-hybridized carbons (Fsp3) is 0.0435. The van der Waals surface area contributed by atoms with Gasteiger partial charge in [0.15, 0.2) is 0 Å². The summed E-state index contributed by atoms with van der Waals surface area (Å²) in [6, 6.07) is 21.1. The molecule has 0 N–H and O–H groups in total. The van der Waals surface area contributed by atoms with Crippen molar-refractivity contribution < 1.29 is 9.72 Å². The minimum Gasteiger partial charge on any atom is -0.267 e. The maximum Gasteiger partial charge on any atom is 0.283 e. The molecule has 0 aromatic heterocycles. The number of para-hydroxylation sites is 1. The number of hydrogen-bond donors (Lipinski definition) is 0. The molecular weight excluding hydrogens is 434 g/mol. The Morgan fingerprint density at radius 1 is 1.06 bits per heavy atom. The van der Waals surface area contributed by atoms with Crippen LogP contribution in [0, 0.1) is 10.1 Å². The highest BCUT2D eigenvalue weighted by atomic mass is 35.5. The van der Waals surface area contributed by atoms with E-state index in [9.17, 15) is 14.9 Å². The largest absolute Gasteiger partial charge is 0.283 e. The molecule has 1 aliphatic rings. The zero-order valence-corrected chi connectivity index (χ0v) is 17.9. The number of carbonyl (C=O) groups excluding carboxylic acids is 1. The average Bonchev–Trinajstić information content (AvgIpc) is 3.05. The molecule has 0 saturated carbocycles. The van der Waals surface area contributed by atoms with Crippen LogP contribution < -0.4 is 5.01 Å². The lowest BCUT2D eigenvalue weighted by Gasteiger charge is -2.11. The topological polar surface area (TPSA) is 75.8 Å². The number of nitro benzene ring substituents is 1. The van der Waals surface area contributed by atoms with Crippen LogP contribution in [0.1, 0.15) is 12.5 Å². The lowest BCUT2D eigenvalue weighted by molar-refractivity contribution is -0.387. The van der Waals surface area contributed by atoms with Crippen LogP contribution in [-0.2, 0) is 4.79 Å². The van der Waals surface area contributed by atoms with Gasteiger partial charge in [-0.1, -0.05) is 47.6 Å². The highest BCUT2D eigenvalue weighted by molar-refractivity contribution is 7.99. The fourth-order valence-corrected chi connectivity index (χ4v) is 4.10. The molecule has 0 radical (unpaired) electrons. The Kier molecular flexibility index (Phi) is 5.88. The molecule has 0 saturated heterocycles.